The quantitative estimate of drug-likeness (QED) is 0.858. The zero-order valence-electron chi connectivity index (χ0n) is 12.9. The molecule has 1 atom stereocenters. The zero-order chi connectivity index (χ0) is 16.6. The van der Waals surface area contributed by atoms with E-state index in [0.717, 1.165) is 5.52 Å². The number of aryl methyl sites for hydroxylation is 1. The molecule has 2 heterocycles. The molecule has 0 unspecified atom stereocenters. The summed E-state index contributed by atoms with van der Waals surface area (Å²) in [6.45, 7) is 2.29. The zero-order valence-corrected chi connectivity index (χ0v) is 13.7. The van der Waals surface area contributed by atoms with Gasteiger partial charge in [-0.3, -0.25) is 13.9 Å². The van der Waals surface area contributed by atoms with Crippen LogP contribution < -0.4 is 11.0 Å². The van der Waals surface area contributed by atoms with Crippen molar-refractivity contribution in [2.75, 3.05) is 11.5 Å². The smallest absolute Gasteiger partial charge is 0.329 e. The van der Waals surface area contributed by atoms with E-state index in [4.69, 9.17) is 0 Å². The van der Waals surface area contributed by atoms with Crippen LogP contribution in [-0.2, 0) is 27.7 Å². The molecule has 23 heavy (non-hydrogen) atoms. The molecule has 1 aromatic carbocycles. The number of nitrogens with zero attached hydrogens (tertiary/aromatic N) is 2. The predicted molar refractivity (Wildman–Crippen MR) is 87.1 cm³/mol. The van der Waals surface area contributed by atoms with Gasteiger partial charge >= 0.3 is 5.69 Å². The average Bonchev–Trinajstić information content (AvgIpc) is 2.97. The fourth-order valence-corrected chi connectivity index (χ4v) is 4.73. The van der Waals surface area contributed by atoms with Gasteiger partial charge in [-0.25, -0.2) is 13.2 Å². The van der Waals surface area contributed by atoms with E-state index in [-0.39, 0.29) is 35.7 Å². The van der Waals surface area contributed by atoms with E-state index in [1.807, 2.05) is 25.1 Å². The van der Waals surface area contributed by atoms with Crippen molar-refractivity contribution in [1.29, 1.82) is 0 Å². The first-order valence-electron chi connectivity index (χ1n) is 7.59. The van der Waals surface area contributed by atoms with Gasteiger partial charge in [0.1, 0.15) is 6.54 Å². The molecule has 124 valence electrons. The lowest BCUT2D eigenvalue weighted by Crippen LogP contribution is -2.39. The van der Waals surface area contributed by atoms with Gasteiger partial charge in [0, 0.05) is 12.6 Å². The molecular formula is C15H19N3O4S. The number of carbonyl (C=O) groups is 1. The molecule has 1 amide bonds. The van der Waals surface area contributed by atoms with Crippen molar-refractivity contribution in [3.63, 3.8) is 0 Å². The summed E-state index contributed by atoms with van der Waals surface area (Å²) in [6, 6.07) is 6.96. The number of fused-ring (bicyclic) bond motifs is 1. The first-order valence-corrected chi connectivity index (χ1v) is 9.41. The molecule has 1 N–H and O–H groups in total. The summed E-state index contributed by atoms with van der Waals surface area (Å²) < 4.78 is 25.9. The Balaban J connectivity index is 1.83. The van der Waals surface area contributed by atoms with Crippen LogP contribution in [0, 0.1) is 0 Å². The summed E-state index contributed by atoms with van der Waals surface area (Å²) in [5.74, 6) is -0.259. The Bertz CT molecular complexity index is 910. The van der Waals surface area contributed by atoms with Crippen molar-refractivity contribution in [1.82, 2.24) is 14.5 Å². The fraction of sp³-hybridized carbons (Fsp3) is 0.467. The Morgan fingerprint density at radius 1 is 1.26 bits per heavy atom. The molecule has 0 saturated carbocycles. The highest BCUT2D eigenvalue weighted by Gasteiger charge is 2.29. The largest absolute Gasteiger partial charge is 0.351 e. The normalized spacial score (nSPS) is 20.0. The Kier molecular flexibility index (Phi) is 4.01. The SMILES string of the molecule is CCn1c(=O)n(CC(=O)N[C@H]2CCS(=O)(=O)C2)c2ccccc21. The third-order valence-corrected chi connectivity index (χ3v) is 5.91. The highest BCUT2D eigenvalue weighted by molar-refractivity contribution is 7.91. The summed E-state index contributed by atoms with van der Waals surface area (Å²) in [4.78, 5) is 24.6. The Labute approximate surface area is 133 Å². The van der Waals surface area contributed by atoms with E-state index in [1.165, 1.54) is 4.57 Å². The number of imidazole rings is 1. The van der Waals surface area contributed by atoms with Crippen LogP contribution in [0.25, 0.3) is 11.0 Å². The second-order valence-corrected chi connectivity index (χ2v) is 8.00. The summed E-state index contributed by atoms with van der Waals surface area (Å²) in [6.07, 6.45) is 0.430. The summed E-state index contributed by atoms with van der Waals surface area (Å²) in [5.41, 5.74) is 1.26. The van der Waals surface area contributed by atoms with Crippen molar-refractivity contribution in [2.45, 2.75) is 32.5 Å². The van der Waals surface area contributed by atoms with Crippen molar-refractivity contribution < 1.29 is 13.2 Å². The van der Waals surface area contributed by atoms with E-state index < -0.39 is 9.84 Å². The third kappa shape index (κ3) is 3.03. The van der Waals surface area contributed by atoms with Crippen LogP contribution in [0.3, 0.4) is 0 Å². The van der Waals surface area contributed by atoms with E-state index in [9.17, 15) is 18.0 Å². The average molecular weight is 337 g/mol. The minimum atomic E-state index is -3.04. The van der Waals surface area contributed by atoms with Gasteiger partial charge in [0.25, 0.3) is 0 Å². The molecule has 3 rings (SSSR count). The van der Waals surface area contributed by atoms with Crippen molar-refractivity contribution in [2.24, 2.45) is 0 Å². The fourth-order valence-electron chi connectivity index (χ4n) is 3.06. The number of hydrogen-bond donors (Lipinski definition) is 1. The molecule has 1 saturated heterocycles. The van der Waals surface area contributed by atoms with Crippen LogP contribution in [0.5, 0.6) is 0 Å². The van der Waals surface area contributed by atoms with Crippen LogP contribution in [0.2, 0.25) is 0 Å². The van der Waals surface area contributed by atoms with Gasteiger partial charge < -0.3 is 5.32 Å². The lowest BCUT2D eigenvalue weighted by molar-refractivity contribution is -0.122. The third-order valence-electron chi connectivity index (χ3n) is 4.14. The number of hydrogen-bond acceptors (Lipinski definition) is 4. The molecule has 2 aromatic rings. The maximum Gasteiger partial charge on any atom is 0.329 e. The Morgan fingerprint density at radius 3 is 2.48 bits per heavy atom. The number of aromatic nitrogens is 2. The molecule has 0 radical (unpaired) electrons. The molecule has 1 aliphatic heterocycles. The predicted octanol–water partition coefficient (Wildman–Crippen LogP) is 0.126. The molecule has 8 heteroatoms. The van der Waals surface area contributed by atoms with Crippen LogP contribution >= 0.6 is 0 Å². The molecule has 7 nitrogen and oxygen atoms in total. The summed E-state index contributed by atoms with van der Waals surface area (Å²) in [7, 11) is -3.04. The molecule has 1 fully saturated rings. The van der Waals surface area contributed by atoms with E-state index >= 15 is 0 Å². The molecule has 0 bridgehead atoms. The number of para-hydroxylation sites is 2. The maximum absolute atomic E-state index is 12.4. The summed E-state index contributed by atoms with van der Waals surface area (Å²) in [5, 5.41) is 2.72. The Hall–Kier alpha value is -2.09. The number of sulfone groups is 1. The molecule has 1 aliphatic rings. The van der Waals surface area contributed by atoms with Gasteiger partial charge in [0.05, 0.1) is 22.5 Å². The lowest BCUT2D eigenvalue weighted by atomic mass is 10.2. The monoisotopic (exact) mass is 337 g/mol. The van der Waals surface area contributed by atoms with E-state index in [0.29, 0.717) is 18.5 Å². The minimum Gasteiger partial charge on any atom is -0.351 e. The van der Waals surface area contributed by atoms with Crippen LogP contribution in [-0.4, -0.2) is 41.0 Å². The molecule has 0 spiro atoms. The van der Waals surface area contributed by atoms with Gasteiger partial charge in [0.15, 0.2) is 9.84 Å². The topological polar surface area (TPSA) is 90.2 Å². The number of carbonyl (C=O) groups excluding carboxylic acids is 1. The number of nitrogens with one attached hydrogen (secondary N) is 1. The van der Waals surface area contributed by atoms with Crippen molar-refractivity contribution >= 4 is 26.8 Å². The number of amides is 1. The second kappa shape index (κ2) is 5.84. The van der Waals surface area contributed by atoms with Gasteiger partial charge in [-0.2, -0.15) is 0 Å². The second-order valence-electron chi connectivity index (χ2n) is 5.77. The Morgan fingerprint density at radius 2 is 1.91 bits per heavy atom. The van der Waals surface area contributed by atoms with Gasteiger partial charge in [-0.15, -0.1) is 0 Å². The molecule has 1 aromatic heterocycles. The first-order chi connectivity index (χ1) is 10.9. The molecular weight excluding hydrogens is 318 g/mol. The highest BCUT2D eigenvalue weighted by atomic mass is 32.2. The number of benzene rings is 1. The highest BCUT2D eigenvalue weighted by Crippen LogP contribution is 2.13. The lowest BCUT2D eigenvalue weighted by Gasteiger charge is -2.11. The van der Waals surface area contributed by atoms with Crippen molar-refractivity contribution in [3.05, 3.63) is 34.7 Å². The van der Waals surface area contributed by atoms with E-state index in [1.54, 1.807) is 10.6 Å². The van der Waals surface area contributed by atoms with Crippen LogP contribution in [0.4, 0.5) is 0 Å². The summed E-state index contributed by atoms with van der Waals surface area (Å²) >= 11 is 0. The standard InChI is InChI=1S/C15H19N3O4S/c1-2-17-12-5-3-4-6-13(12)18(15(17)20)9-14(19)16-11-7-8-23(21,22)10-11/h3-6,11H,2,7-10H2,1H3,(H,16,19)/t11-/m0/s1. The maximum atomic E-state index is 12.4. The first kappa shape index (κ1) is 15.8. The van der Waals surface area contributed by atoms with Crippen LogP contribution in [0.1, 0.15) is 13.3 Å². The van der Waals surface area contributed by atoms with Gasteiger partial charge in [-0.1, -0.05) is 12.1 Å². The van der Waals surface area contributed by atoms with E-state index in [2.05, 4.69) is 5.32 Å². The van der Waals surface area contributed by atoms with Gasteiger partial charge in [0.2, 0.25) is 5.91 Å². The van der Waals surface area contributed by atoms with Crippen LogP contribution in [0.15, 0.2) is 29.1 Å². The van der Waals surface area contributed by atoms with Gasteiger partial charge in [-0.05, 0) is 25.5 Å². The minimum absolute atomic E-state index is 0.0235. The van der Waals surface area contributed by atoms with Crippen molar-refractivity contribution in [3.8, 4) is 0 Å². The number of rotatable bonds is 4. The molecule has 0 aliphatic carbocycles.